The lowest BCUT2D eigenvalue weighted by Crippen LogP contribution is -2.33. The van der Waals surface area contributed by atoms with Gasteiger partial charge in [-0.3, -0.25) is 0 Å². The first-order valence-corrected chi connectivity index (χ1v) is 6.95. The molecular formula is C15H22N2O2. The van der Waals surface area contributed by atoms with Crippen LogP contribution in [0.5, 0.6) is 0 Å². The molecule has 2 N–H and O–H groups in total. The number of anilines is 1. The molecule has 0 unspecified atom stereocenters. The quantitative estimate of drug-likeness (QED) is 0.827. The molecule has 19 heavy (non-hydrogen) atoms. The highest BCUT2D eigenvalue weighted by molar-refractivity contribution is 5.94. The Morgan fingerprint density at radius 3 is 2.74 bits per heavy atom. The maximum absolute atomic E-state index is 11.1. The number of nitrogens with zero attached hydrogens (tertiary/aromatic N) is 1. The van der Waals surface area contributed by atoms with Crippen molar-refractivity contribution in [3.8, 4) is 0 Å². The van der Waals surface area contributed by atoms with Crippen molar-refractivity contribution in [2.24, 2.45) is 0 Å². The second-order valence-corrected chi connectivity index (χ2v) is 5.20. The van der Waals surface area contributed by atoms with Crippen molar-refractivity contribution in [2.75, 3.05) is 25.5 Å². The van der Waals surface area contributed by atoms with Gasteiger partial charge in [-0.05, 0) is 32.0 Å². The third-order valence-electron chi connectivity index (χ3n) is 3.89. The minimum atomic E-state index is -0.882. The molecule has 1 aromatic rings. The molecule has 0 bridgehead atoms. The summed E-state index contributed by atoms with van der Waals surface area (Å²) in [6.45, 7) is 1.72. The topological polar surface area (TPSA) is 52.6 Å². The van der Waals surface area contributed by atoms with Gasteiger partial charge in [0.05, 0.1) is 5.56 Å². The van der Waals surface area contributed by atoms with E-state index in [-0.39, 0.29) is 0 Å². The van der Waals surface area contributed by atoms with Crippen LogP contribution in [0.1, 0.15) is 36.0 Å². The maximum atomic E-state index is 11.1. The Labute approximate surface area is 114 Å². The van der Waals surface area contributed by atoms with Gasteiger partial charge in [0, 0.05) is 24.8 Å². The number of aromatic carboxylic acids is 1. The highest BCUT2D eigenvalue weighted by Crippen LogP contribution is 2.22. The first kappa shape index (κ1) is 13.9. The number of carboxylic acid groups (broad SMARTS) is 1. The average molecular weight is 262 g/mol. The van der Waals surface area contributed by atoms with Gasteiger partial charge in [-0.1, -0.05) is 25.0 Å². The Balaban J connectivity index is 1.83. The van der Waals surface area contributed by atoms with Crippen molar-refractivity contribution in [2.45, 2.75) is 31.7 Å². The molecule has 1 saturated carbocycles. The summed E-state index contributed by atoms with van der Waals surface area (Å²) in [7, 11) is 2.15. The van der Waals surface area contributed by atoms with Gasteiger partial charge in [0.15, 0.2) is 0 Å². The first-order chi connectivity index (χ1) is 9.18. The fourth-order valence-electron chi connectivity index (χ4n) is 2.72. The Hall–Kier alpha value is -1.55. The number of nitrogens with one attached hydrogen (secondary N) is 1. The third kappa shape index (κ3) is 3.70. The third-order valence-corrected chi connectivity index (χ3v) is 3.89. The summed E-state index contributed by atoms with van der Waals surface area (Å²) in [4.78, 5) is 13.5. The van der Waals surface area contributed by atoms with Gasteiger partial charge in [0.25, 0.3) is 0 Å². The Morgan fingerprint density at radius 2 is 2.05 bits per heavy atom. The Kier molecular flexibility index (Phi) is 4.80. The summed E-state index contributed by atoms with van der Waals surface area (Å²) in [5.41, 5.74) is 1.04. The lowest BCUT2D eigenvalue weighted by molar-refractivity contribution is 0.0698. The molecule has 0 aliphatic heterocycles. The molecule has 4 nitrogen and oxygen atoms in total. The molecular weight excluding hydrogens is 240 g/mol. The minimum absolute atomic E-state index is 0.339. The molecule has 1 aromatic carbocycles. The van der Waals surface area contributed by atoms with E-state index in [0.29, 0.717) is 17.3 Å². The second-order valence-electron chi connectivity index (χ2n) is 5.20. The standard InChI is InChI=1S/C15H22N2O2/c1-17(12-6-2-3-7-12)11-10-16-14-9-5-4-8-13(14)15(18)19/h4-5,8-9,12,16H,2-3,6-7,10-11H2,1H3,(H,18,19). The second kappa shape index (κ2) is 6.57. The molecule has 1 aliphatic rings. The van der Waals surface area contributed by atoms with E-state index >= 15 is 0 Å². The van der Waals surface area contributed by atoms with Gasteiger partial charge < -0.3 is 15.3 Å². The summed E-state index contributed by atoms with van der Waals surface area (Å²) in [6, 6.07) is 7.76. The van der Waals surface area contributed by atoms with Crippen LogP contribution in [-0.2, 0) is 0 Å². The number of rotatable bonds is 6. The molecule has 0 aromatic heterocycles. The van der Waals surface area contributed by atoms with E-state index in [4.69, 9.17) is 5.11 Å². The van der Waals surface area contributed by atoms with Gasteiger partial charge in [-0.15, -0.1) is 0 Å². The normalized spacial score (nSPS) is 15.9. The van der Waals surface area contributed by atoms with Crippen molar-refractivity contribution in [1.82, 2.24) is 4.90 Å². The zero-order valence-electron chi connectivity index (χ0n) is 11.4. The zero-order valence-corrected chi connectivity index (χ0v) is 11.4. The Bertz CT molecular complexity index is 428. The molecule has 4 heteroatoms. The largest absolute Gasteiger partial charge is 0.478 e. The van der Waals surface area contributed by atoms with Crippen LogP contribution >= 0.6 is 0 Å². The smallest absolute Gasteiger partial charge is 0.337 e. The molecule has 0 atom stereocenters. The first-order valence-electron chi connectivity index (χ1n) is 6.95. The number of benzene rings is 1. The SMILES string of the molecule is CN(CCNc1ccccc1C(=O)O)C1CCCC1. The highest BCUT2D eigenvalue weighted by Gasteiger charge is 2.18. The molecule has 0 spiro atoms. The van der Waals surface area contributed by atoms with Crippen molar-refractivity contribution < 1.29 is 9.90 Å². The maximum Gasteiger partial charge on any atom is 0.337 e. The number of para-hydroxylation sites is 1. The van der Waals surface area contributed by atoms with E-state index in [1.165, 1.54) is 25.7 Å². The van der Waals surface area contributed by atoms with Crippen LogP contribution in [0.4, 0.5) is 5.69 Å². The molecule has 1 aliphatic carbocycles. The predicted molar refractivity (Wildman–Crippen MR) is 76.8 cm³/mol. The summed E-state index contributed by atoms with van der Waals surface area (Å²) in [6.07, 6.45) is 5.26. The van der Waals surface area contributed by atoms with Gasteiger partial charge in [-0.2, -0.15) is 0 Å². The zero-order chi connectivity index (χ0) is 13.7. The molecule has 104 valence electrons. The van der Waals surface area contributed by atoms with E-state index < -0.39 is 5.97 Å². The van der Waals surface area contributed by atoms with Crippen molar-refractivity contribution >= 4 is 11.7 Å². The minimum Gasteiger partial charge on any atom is -0.478 e. The summed E-state index contributed by atoms with van der Waals surface area (Å²) < 4.78 is 0. The van der Waals surface area contributed by atoms with E-state index in [0.717, 1.165) is 13.1 Å². The number of hydrogen-bond acceptors (Lipinski definition) is 3. The monoisotopic (exact) mass is 262 g/mol. The van der Waals surface area contributed by atoms with Crippen LogP contribution in [0.15, 0.2) is 24.3 Å². The van der Waals surface area contributed by atoms with E-state index in [1.54, 1.807) is 12.1 Å². The van der Waals surface area contributed by atoms with E-state index in [1.807, 2.05) is 12.1 Å². The number of carboxylic acids is 1. The van der Waals surface area contributed by atoms with Gasteiger partial charge in [0.1, 0.15) is 0 Å². The highest BCUT2D eigenvalue weighted by atomic mass is 16.4. The lowest BCUT2D eigenvalue weighted by Gasteiger charge is -2.24. The van der Waals surface area contributed by atoms with Crippen LogP contribution in [0.3, 0.4) is 0 Å². The number of likely N-dealkylation sites (N-methyl/N-ethyl adjacent to an activating group) is 1. The molecule has 0 saturated heterocycles. The van der Waals surface area contributed by atoms with Crippen LogP contribution in [0.25, 0.3) is 0 Å². The van der Waals surface area contributed by atoms with Gasteiger partial charge in [0.2, 0.25) is 0 Å². The molecule has 0 heterocycles. The molecule has 2 rings (SSSR count). The fraction of sp³-hybridized carbons (Fsp3) is 0.533. The summed E-state index contributed by atoms with van der Waals surface area (Å²) >= 11 is 0. The van der Waals surface area contributed by atoms with Gasteiger partial charge >= 0.3 is 5.97 Å². The predicted octanol–water partition coefficient (Wildman–Crippen LogP) is 2.67. The van der Waals surface area contributed by atoms with E-state index in [9.17, 15) is 4.79 Å². The lowest BCUT2D eigenvalue weighted by atomic mass is 10.2. The molecule has 1 fully saturated rings. The summed E-state index contributed by atoms with van der Waals surface area (Å²) in [5, 5.41) is 12.3. The Morgan fingerprint density at radius 1 is 1.37 bits per heavy atom. The number of carbonyl (C=O) groups is 1. The van der Waals surface area contributed by atoms with Crippen LogP contribution in [0, 0.1) is 0 Å². The van der Waals surface area contributed by atoms with Crippen LogP contribution < -0.4 is 5.32 Å². The van der Waals surface area contributed by atoms with Gasteiger partial charge in [-0.25, -0.2) is 4.79 Å². The van der Waals surface area contributed by atoms with Crippen LogP contribution in [-0.4, -0.2) is 42.2 Å². The van der Waals surface area contributed by atoms with Crippen molar-refractivity contribution in [3.63, 3.8) is 0 Å². The van der Waals surface area contributed by atoms with Crippen molar-refractivity contribution in [1.29, 1.82) is 0 Å². The molecule has 0 radical (unpaired) electrons. The van der Waals surface area contributed by atoms with E-state index in [2.05, 4.69) is 17.3 Å². The fourth-order valence-corrected chi connectivity index (χ4v) is 2.72. The molecule has 0 amide bonds. The van der Waals surface area contributed by atoms with Crippen molar-refractivity contribution in [3.05, 3.63) is 29.8 Å². The average Bonchev–Trinajstić information content (AvgIpc) is 2.93. The summed E-state index contributed by atoms with van der Waals surface area (Å²) in [5.74, 6) is -0.882. The number of hydrogen-bond donors (Lipinski definition) is 2. The van der Waals surface area contributed by atoms with Crippen LogP contribution in [0.2, 0.25) is 0 Å².